The fraction of sp³-hybridized carbons (Fsp3) is 0.579. The van der Waals surface area contributed by atoms with Crippen molar-refractivity contribution >= 4 is 17.3 Å². The van der Waals surface area contributed by atoms with E-state index in [4.69, 9.17) is 4.52 Å². The van der Waals surface area contributed by atoms with Gasteiger partial charge in [0.15, 0.2) is 5.96 Å². The third-order valence-corrected chi connectivity index (χ3v) is 5.96. The maximum atomic E-state index is 5.23. The number of aliphatic imine (C=N–C) groups is 1. The fourth-order valence-corrected chi connectivity index (χ4v) is 4.38. The molecule has 3 heterocycles. The van der Waals surface area contributed by atoms with Gasteiger partial charge in [-0.1, -0.05) is 11.2 Å². The van der Waals surface area contributed by atoms with Gasteiger partial charge in [0.2, 0.25) is 0 Å². The zero-order valence-corrected chi connectivity index (χ0v) is 16.7. The Morgan fingerprint density at radius 2 is 2.15 bits per heavy atom. The highest BCUT2D eigenvalue weighted by Crippen LogP contribution is 2.27. The molecule has 2 aromatic rings. The monoisotopic (exact) mass is 375 g/mol. The maximum absolute atomic E-state index is 5.23. The summed E-state index contributed by atoms with van der Waals surface area (Å²) >= 11 is 1.84. The SMILES string of the molecule is CN=C(NCCc1c(C)noc1C)NCC(c1cccs1)N1CCCC1. The molecule has 1 unspecified atom stereocenters. The third kappa shape index (κ3) is 4.65. The van der Waals surface area contributed by atoms with Crippen LogP contribution in [0.1, 0.15) is 40.8 Å². The summed E-state index contributed by atoms with van der Waals surface area (Å²) in [6, 6.07) is 4.79. The van der Waals surface area contributed by atoms with E-state index >= 15 is 0 Å². The van der Waals surface area contributed by atoms with Crippen LogP contribution in [0.4, 0.5) is 0 Å². The number of guanidine groups is 1. The van der Waals surface area contributed by atoms with Gasteiger partial charge < -0.3 is 15.2 Å². The summed E-state index contributed by atoms with van der Waals surface area (Å²) in [4.78, 5) is 8.37. The molecule has 0 aliphatic carbocycles. The second-order valence-electron chi connectivity index (χ2n) is 6.71. The van der Waals surface area contributed by atoms with Crippen LogP contribution in [-0.4, -0.2) is 49.2 Å². The number of aryl methyl sites for hydroxylation is 2. The first-order valence-electron chi connectivity index (χ1n) is 9.32. The van der Waals surface area contributed by atoms with E-state index in [1.165, 1.54) is 36.4 Å². The molecule has 1 fully saturated rings. The normalized spacial score (nSPS) is 16.8. The predicted molar refractivity (Wildman–Crippen MR) is 107 cm³/mol. The number of nitrogens with zero attached hydrogens (tertiary/aromatic N) is 3. The van der Waals surface area contributed by atoms with E-state index in [0.717, 1.165) is 36.9 Å². The molecule has 142 valence electrons. The van der Waals surface area contributed by atoms with E-state index < -0.39 is 0 Å². The molecule has 0 bridgehead atoms. The average Bonchev–Trinajstić information content (AvgIpc) is 3.39. The van der Waals surface area contributed by atoms with Crippen molar-refractivity contribution in [3.63, 3.8) is 0 Å². The van der Waals surface area contributed by atoms with E-state index in [9.17, 15) is 0 Å². The molecule has 1 saturated heterocycles. The van der Waals surface area contributed by atoms with Gasteiger partial charge in [-0.15, -0.1) is 11.3 Å². The Labute approximate surface area is 159 Å². The van der Waals surface area contributed by atoms with E-state index in [-0.39, 0.29) is 0 Å². The van der Waals surface area contributed by atoms with Crippen molar-refractivity contribution in [1.29, 1.82) is 0 Å². The average molecular weight is 376 g/mol. The van der Waals surface area contributed by atoms with Crippen LogP contribution in [-0.2, 0) is 6.42 Å². The summed E-state index contributed by atoms with van der Waals surface area (Å²) in [6.07, 6.45) is 3.47. The Morgan fingerprint density at radius 3 is 2.77 bits per heavy atom. The lowest BCUT2D eigenvalue weighted by Crippen LogP contribution is -2.43. The number of hydrogen-bond acceptors (Lipinski definition) is 5. The van der Waals surface area contributed by atoms with Crippen molar-refractivity contribution in [2.24, 2.45) is 4.99 Å². The molecule has 0 radical (unpaired) electrons. The molecule has 3 rings (SSSR count). The van der Waals surface area contributed by atoms with Crippen LogP contribution in [0.15, 0.2) is 27.0 Å². The van der Waals surface area contributed by atoms with Crippen molar-refractivity contribution in [2.45, 2.75) is 39.2 Å². The molecule has 6 nitrogen and oxygen atoms in total. The van der Waals surface area contributed by atoms with Crippen LogP contribution < -0.4 is 10.6 Å². The molecule has 1 atom stereocenters. The number of likely N-dealkylation sites (tertiary alicyclic amines) is 1. The first-order valence-corrected chi connectivity index (χ1v) is 10.2. The number of hydrogen-bond donors (Lipinski definition) is 2. The highest BCUT2D eigenvalue weighted by molar-refractivity contribution is 7.10. The Hall–Kier alpha value is -1.86. The minimum absolute atomic E-state index is 0.415. The molecular formula is C19H29N5OS. The molecule has 0 aromatic carbocycles. The summed E-state index contributed by atoms with van der Waals surface area (Å²) in [6.45, 7) is 7.98. The minimum Gasteiger partial charge on any atom is -0.361 e. The maximum Gasteiger partial charge on any atom is 0.191 e. The van der Waals surface area contributed by atoms with Crippen LogP contribution in [0, 0.1) is 13.8 Å². The Morgan fingerprint density at radius 1 is 1.35 bits per heavy atom. The highest BCUT2D eigenvalue weighted by atomic mass is 32.1. The molecule has 7 heteroatoms. The number of thiophene rings is 1. The molecule has 2 N–H and O–H groups in total. The van der Waals surface area contributed by atoms with Crippen molar-refractivity contribution in [1.82, 2.24) is 20.7 Å². The first kappa shape index (κ1) is 18.9. The van der Waals surface area contributed by atoms with Crippen molar-refractivity contribution in [2.75, 3.05) is 33.2 Å². The van der Waals surface area contributed by atoms with E-state index in [1.807, 2.05) is 32.2 Å². The van der Waals surface area contributed by atoms with Gasteiger partial charge in [-0.3, -0.25) is 9.89 Å². The van der Waals surface area contributed by atoms with Gasteiger partial charge in [-0.2, -0.15) is 0 Å². The number of aromatic nitrogens is 1. The molecule has 0 saturated carbocycles. The van der Waals surface area contributed by atoms with Gasteiger partial charge in [-0.05, 0) is 57.6 Å². The molecular weight excluding hydrogens is 346 g/mol. The smallest absolute Gasteiger partial charge is 0.191 e. The van der Waals surface area contributed by atoms with Gasteiger partial charge in [0, 0.05) is 30.6 Å². The van der Waals surface area contributed by atoms with Gasteiger partial charge in [0.1, 0.15) is 5.76 Å². The summed E-state index contributed by atoms with van der Waals surface area (Å²) in [5, 5.41) is 13.1. The molecule has 26 heavy (non-hydrogen) atoms. The van der Waals surface area contributed by atoms with Crippen LogP contribution in [0.3, 0.4) is 0 Å². The van der Waals surface area contributed by atoms with Crippen LogP contribution >= 0.6 is 11.3 Å². The van der Waals surface area contributed by atoms with Crippen molar-refractivity contribution < 1.29 is 4.52 Å². The largest absolute Gasteiger partial charge is 0.361 e. The van der Waals surface area contributed by atoms with E-state index in [2.05, 4.69) is 43.2 Å². The van der Waals surface area contributed by atoms with Crippen molar-refractivity contribution in [3.8, 4) is 0 Å². The van der Waals surface area contributed by atoms with Gasteiger partial charge in [0.25, 0.3) is 0 Å². The Bertz CT molecular complexity index is 684. The second kappa shape index (κ2) is 9.19. The highest BCUT2D eigenvalue weighted by Gasteiger charge is 2.24. The molecule has 0 spiro atoms. The summed E-state index contributed by atoms with van der Waals surface area (Å²) in [5.41, 5.74) is 2.15. The number of rotatable bonds is 7. The lowest BCUT2D eigenvalue weighted by Gasteiger charge is -2.27. The Balaban J connectivity index is 1.52. The van der Waals surface area contributed by atoms with Gasteiger partial charge >= 0.3 is 0 Å². The third-order valence-electron chi connectivity index (χ3n) is 4.99. The predicted octanol–water partition coefficient (Wildman–Crippen LogP) is 2.90. The second-order valence-corrected chi connectivity index (χ2v) is 7.69. The molecule has 2 aromatic heterocycles. The zero-order valence-electron chi connectivity index (χ0n) is 15.9. The van der Waals surface area contributed by atoms with Gasteiger partial charge in [0.05, 0.1) is 11.7 Å². The summed E-state index contributed by atoms with van der Waals surface area (Å²) < 4.78 is 5.23. The standard InChI is InChI=1S/C19H29N5OS/c1-14-16(15(2)25-23-14)8-9-21-19(20-3)22-13-17(18-7-6-12-26-18)24-10-4-5-11-24/h6-7,12,17H,4-5,8-11,13H2,1-3H3,(H2,20,21,22). The summed E-state index contributed by atoms with van der Waals surface area (Å²) in [5.74, 6) is 1.75. The van der Waals surface area contributed by atoms with Crippen molar-refractivity contribution in [3.05, 3.63) is 39.4 Å². The topological polar surface area (TPSA) is 65.7 Å². The van der Waals surface area contributed by atoms with Crippen LogP contribution in [0.5, 0.6) is 0 Å². The van der Waals surface area contributed by atoms with E-state index in [0.29, 0.717) is 6.04 Å². The minimum atomic E-state index is 0.415. The quantitative estimate of drug-likeness (QED) is 0.575. The lowest BCUT2D eigenvalue weighted by molar-refractivity contribution is 0.249. The van der Waals surface area contributed by atoms with Crippen LogP contribution in [0.25, 0.3) is 0 Å². The fourth-order valence-electron chi connectivity index (χ4n) is 3.52. The molecule has 1 aliphatic rings. The van der Waals surface area contributed by atoms with E-state index in [1.54, 1.807) is 0 Å². The van der Waals surface area contributed by atoms with Crippen LogP contribution in [0.2, 0.25) is 0 Å². The Kier molecular flexibility index (Phi) is 6.68. The summed E-state index contributed by atoms with van der Waals surface area (Å²) in [7, 11) is 1.82. The molecule has 0 amide bonds. The first-order chi connectivity index (χ1) is 12.7. The lowest BCUT2D eigenvalue weighted by atomic mass is 10.1. The number of nitrogens with one attached hydrogen (secondary N) is 2. The molecule has 1 aliphatic heterocycles. The zero-order chi connectivity index (χ0) is 18.4. The van der Waals surface area contributed by atoms with Gasteiger partial charge in [-0.25, -0.2) is 0 Å².